The minimum Gasteiger partial charge on any atom is -0.301 e. The van der Waals surface area contributed by atoms with Crippen LogP contribution in [0.3, 0.4) is 0 Å². The molecule has 0 aromatic rings. The van der Waals surface area contributed by atoms with Gasteiger partial charge in [-0.3, -0.25) is 0 Å². The molecule has 1 heteroatoms. The van der Waals surface area contributed by atoms with Crippen molar-refractivity contribution in [3.05, 3.63) is 11.6 Å². The maximum absolute atomic E-state index is 2.60. The van der Waals surface area contributed by atoms with Gasteiger partial charge in [0.25, 0.3) is 0 Å². The van der Waals surface area contributed by atoms with Crippen LogP contribution in [-0.4, -0.2) is 24.0 Å². The summed E-state index contributed by atoms with van der Waals surface area (Å²) in [5, 5.41) is 0. The van der Waals surface area contributed by atoms with Gasteiger partial charge in [0.05, 0.1) is 0 Å². The van der Waals surface area contributed by atoms with Crippen LogP contribution in [0.1, 0.15) is 60.8 Å². The standard InChI is InChI=1S/C15H31N/c1-7-15(6)10-8-9-11-16(14(4)5)12-13(2)3/h10,13-14H,7-9,11-12H2,1-6H3. The average Bonchev–Trinajstić information content (AvgIpc) is 2.21. The van der Waals surface area contributed by atoms with Crippen molar-refractivity contribution in [1.82, 2.24) is 4.90 Å². The Morgan fingerprint density at radius 2 is 1.81 bits per heavy atom. The van der Waals surface area contributed by atoms with E-state index < -0.39 is 0 Å². The van der Waals surface area contributed by atoms with Gasteiger partial charge in [-0.1, -0.05) is 32.4 Å². The van der Waals surface area contributed by atoms with Crippen LogP contribution in [0.5, 0.6) is 0 Å². The van der Waals surface area contributed by atoms with Crippen LogP contribution in [0.25, 0.3) is 0 Å². The Kier molecular flexibility index (Phi) is 8.64. The summed E-state index contributed by atoms with van der Waals surface area (Å²) in [6.45, 7) is 16.1. The zero-order chi connectivity index (χ0) is 12.6. The van der Waals surface area contributed by atoms with Gasteiger partial charge in [0, 0.05) is 12.6 Å². The first-order chi connectivity index (χ1) is 7.47. The van der Waals surface area contributed by atoms with Crippen molar-refractivity contribution in [2.45, 2.75) is 66.8 Å². The maximum Gasteiger partial charge on any atom is 0.00387 e. The summed E-state index contributed by atoms with van der Waals surface area (Å²) in [6.07, 6.45) is 6.12. The largest absolute Gasteiger partial charge is 0.301 e. The third-order valence-electron chi connectivity index (χ3n) is 3.03. The molecule has 0 heterocycles. The van der Waals surface area contributed by atoms with Crippen LogP contribution < -0.4 is 0 Å². The predicted octanol–water partition coefficient (Wildman–Crippen LogP) is 4.49. The topological polar surface area (TPSA) is 3.24 Å². The van der Waals surface area contributed by atoms with E-state index in [1.54, 1.807) is 0 Å². The second kappa shape index (κ2) is 8.81. The molecule has 0 radical (unpaired) electrons. The highest BCUT2D eigenvalue weighted by Crippen LogP contribution is 2.08. The van der Waals surface area contributed by atoms with Crippen molar-refractivity contribution in [3.63, 3.8) is 0 Å². The molecule has 1 nitrogen and oxygen atoms in total. The summed E-state index contributed by atoms with van der Waals surface area (Å²) in [5.41, 5.74) is 1.53. The van der Waals surface area contributed by atoms with E-state index in [-0.39, 0.29) is 0 Å². The van der Waals surface area contributed by atoms with Gasteiger partial charge < -0.3 is 4.90 Å². The Labute approximate surface area is 103 Å². The van der Waals surface area contributed by atoms with E-state index in [0.717, 1.165) is 5.92 Å². The lowest BCUT2D eigenvalue weighted by atomic mass is 10.1. The van der Waals surface area contributed by atoms with Crippen molar-refractivity contribution in [3.8, 4) is 0 Å². The number of unbranched alkanes of at least 4 members (excludes halogenated alkanes) is 1. The van der Waals surface area contributed by atoms with E-state index in [0.29, 0.717) is 6.04 Å². The van der Waals surface area contributed by atoms with Crippen LogP contribution in [0.2, 0.25) is 0 Å². The van der Waals surface area contributed by atoms with Crippen LogP contribution in [0.4, 0.5) is 0 Å². The predicted molar refractivity (Wildman–Crippen MR) is 74.8 cm³/mol. The molecule has 0 aliphatic carbocycles. The first-order valence-electron chi connectivity index (χ1n) is 6.87. The van der Waals surface area contributed by atoms with Gasteiger partial charge in [0.1, 0.15) is 0 Å². The van der Waals surface area contributed by atoms with Crippen molar-refractivity contribution in [2.24, 2.45) is 5.92 Å². The van der Waals surface area contributed by atoms with Gasteiger partial charge in [-0.15, -0.1) is 0 Å². The highest BCUT2D eigenvalue weighted by atomic mass is 15.1. The van der Waals surface area contributed by atoms with E-state index in [2.05, 4.69) is 52.5 Å². The van der Waals surface area contributed by atoms with E-state index in [1.165, 1.54) is 37.9 Å². The van der Waals surface area contributed by atoms with Gasteiger partial charge in [-0.25, -0.2) is 0 Å². The summed E-state index contributed by atoms with van der Waals surface area (Å²) >= 11 is 0. The molecule has 0 amide bonds. The van der Waals surface area contributed by atoms with Gasteiger partial charge in [-0.05, 0) is 52.5 Å². The lowest BCUT2D eigenvalue weighted by Gasteiger charge is -2.28. The fourth-order valence-electron chi connectivity index (χ4n) is 1.82. The Morgan fingerprint density at radius 3 is 2.25 bits per heavy atom. The van der Waals surface area contributed by atoms with Crippen LogP contribution in [0, 0.1) is 5.92 Å². The van der Waals surface area contributed by atoms with Crippen molar-refractivity contribution in [1.29, 1.82) is 0 Å². The lowest BCUT2D eigenvalue weighted by molar-refractivity contribution is 0.196. The maximum atomic E-state index is 2.60. The SMILES string of the molecule is CCC(C)=CCCCN(CC(C)C)C(C)C. The molecule has 16 heavy (non-hydrogen) atoms. The van der Waals surface area contributed by atoms with Crippen molar-refractivity contribution >= 4 is 0 Å². The quantitative estimate of drug-likeness (QED) is 0.434. The second-order valence-corrected chi connectivity index (χ2v) is 5.53. The molecule has 0 aromatic carbocycles. The van der Waals surface area contributed by atoms with E-state index in [9.17, 15) is 0 Å². The van der Waals surface area contributed by atoms with Gasteiger partial charge in [-0.2, -0.15) is 0 Å². The molecule has 0 spiro atoms. The number of rotatable bonds is 8. The van der Waals surface area contributed by atoms with E-state index in [4.69, 9.17) is 0 Å². The lowest BCUT2D eigenvalue weighted by Crippen LogP contribution is -2.34. The third kappa shape index (κ3) is 7.92. The van der Waals surface area contributed by atoms with E-state index in [1.807, 2.05) is 0 Å². The fraction of sp³-hybridized carbons (Fsp3) is 0.867. The highest BCUT2D eigenvalue weighted by Gasteiger charge is 2.09. The molecule has 0 saturated carbocycles. The summed E-state index contributed by atoms with van der Waals surface area (Å²) in [5.74, 6) is 0.773. The molecule has 0 unspecified atom stereocenters. The van der Waals surface area contributed by atoms with Gasteiger partial charge in [0.15, 0.2) is 0 Å². The number of hydrogen-bond acceptors (Lipinski definition) is 1. The Balaban J connectivity index is 3.85. The molecule has 0 fully saturated rings. The average molecular weight is 225 g/mol. The summed E-state index contributed by atoms with van der Waals surface area (Å²) in [7, 11) is 0. The monoisotopic (exact) mass is 225 g/mol. The minimum absolute atomic E-state index is 0.679. The Hall–Kier alpha value is -0.300. The molecule has 0 rings (SSSR count). The number of allylic oxidation sites excluding steroid dienone is 2. The molecular formula is C15H31N. The molecule has 0 bridgehead atoms. The second-order valence-electron chi connectivity index (χ2n) is 5.53. The first kappa shape index (κ1) is 15.7. The van der Waals surface area contributed by atoms with Gasteiger partial charge >= 0.3 is 0 Å². The smallest absolute Gasteiger partial charge is 0.00387 e. The summed E-state index contributed by atoms with van der Waals surface area (Å²) < 4.78 is 0. The first-order valence-corrected chi connectivity index (χ1v) is 6.87. The molecular weight excluding hydrogens is 194 g/mol. The van der Waals surface area contributed by atoms with Crippen molar-refractivity contribution < 1.29 is 0 Å². The molecule has 0 N–H and O–H groups in total. The summed E-state index contributed by atoms with van der Waals surface area (Å²) in [6, 6.07) is 0.679. The van der Waals surface area contributed by atoms with E-state index >= 15 is 0 Å². The molecule has 0 aromatic heterocycles. The highest BCUT2D eigenvalue weighted by molar-refractivity contribution is 4.96. The van der Waals surface area contributed by atoms with Crippen molar-refractivity contribution in [2.75, 3.05) is 13.1 Å². The molecule has 0 aliphatic heterocycles. The number of hydrogen-bond donors (Lipinski definition) is 0. The molecule has 96 valence electrons. The van der Waals surface area contributed by atoms with Crippen LogP contribution in [0.15, 0.2) is 11.6 Å². The number of nitrogens with zero attached hydrogens (tertiary/aromatic N) is 1. The third-order valence-corrected chi connectivity index (χ3v) is 3.03. The normalized spacial score (nSPS) is 13.2. The zero-order valence-electron chi connectivity index (χ0n) is 12.2. The molecule has 0 saturated heterocycles. The Bertz CT molecular complexity index is 192. The fourth-order valence-corrected chi connectivity index (χ4v) is 1.82. The van der Waals surface area contributed by atoms with Crippen LogP contribution in [-0.2, 0) is 0 Å². The summed E-state index contributed by atoms with van der Waals surface area (Å²) in [4.78, 5) is 2.60. The Morgan fingerprint density at radius 1 is 1.19 bits per heavy atom. The molecule has 0 aliphatic rings. The van der Waals surface area contributed by atoms with Gasteiger partial charge in [0.2, 0.25) is 0 Å². The minimum atomic E-state index is 0.679. The van der Waals surface area contributed by atoms with Crippen LogP contribution >= 0.6 is 0 Å². The molecule has 0 atom stereocenters. The zero-order valence-corrected chi connectivity index (χ0v) is 12.2.